The number of aliphatic carboxylic acids is 1. The Kier molecular flexibility index (Phi) is 8.97. The molecule has 1 aliphatic heterocycles. The van der Waals surface area contributed by atoms with Gasteiger partial charge in [0.2, 0.25) is 5.91 Å². The molecule has 1 aliphatic rings. The lowest BCUT2D eigenvalue weighted by molar-refractivity contribution is -0.164. The van der Waals surface area contributed by atoms with Crippen molar-refractivity contribution in [3.8, 4) is 0 Å². The molecule has 34 heavy (non-hydrogen) atoms. The van der Waals surface area contributed by atoms with Crippen LogP contribution >= 0.6 is 23.2 Å². The second kappa shape index (κ2) is 11.7. The van der Waals surface area contributed by atoms with Gasteiger partial charge in [-0.05, 0) is 55.2 Å². The van der Waals surface area contributed by atoms with Crippen LogP contribution in [0.2, 0.25) is 10.0 Å². The Morgan fingerprint density at radius 1 is 1.09 bits per heavy atom. The van der Waals surface area contributed by atoms with Gasteiger partial charge in [-0.1, -0.05) is 60.8 Å². The Morgan fingerprint density at radius 3 is 2.38 bits per heavy atom. The van der Waals surface area contributed by atoms with Crippen molar-refractivity contribution in [1.29, 1.82) is 0 Å². The zero-order valence-electron chi connectivity index (χ0n) is 19.2. The number of carboxylic acid groups (broad SMARTS) is 1. The van der Waals surface area contributed by atoms with E-state index in [1.807, 2.05) is 37.3 Å². The Labute approximate surface area is 209 Å². The molecular formula is C26H29Cl2NO5. The number of rotatable bonds is 9. The van der Waals surface area contributed by atoms with Crippen LogP contribution in [0.3, 0.4) is 0 Å². The number of esters is 1. The smallest absolute Gasteiger partial charge is 0.328 e. The van der Waals surface area contributed by atoms with Crippen molar-refractivity contribution >= 4 is 41.0 Å². The normalized spacial score (nSPS) is 21.2. The molecule has 1 saturated heterocycles. The van der Waals surface area contributed by atoms with Gasteiger partial charge in [-0.25, -0.2) is 4.79 Å². The van der Waals surface area contributed by atoms with E-state index in [-0.39, 0.29) is 24.9 Å². The molecule has 6 nitrogen and oxygen atoms in total. The first-order chi connectivity index (χ1) is 16.3. The first kappa shape index (κ1) is 26.0. The third kappa shape index (κ3) is 5.91. The number of likely N-dealkylation sites (tertiary alicyclic amines) is 1. The molecule has 0 bridgehead atoms. The van der Waals surface area contributed by atoms with Crippen LogP contribution in [-0.2, 0) is 19.1 Å². The molecule has 3 rings (SSSR count). The van der Waals surface area contributed by atoms with Crippen molar-refractivity contribution in [2.24, 2.45) is 5.92 Å². The molecule has 1 N–H and O–H groups in total. The van der Waals surface area contributed by atoms with Crippen molar-refractivity contribution in [2.75, 3.05) is 6.61 Å². The summed E-state index contributed by atoms with van der Waals surface area (Å²) in [4.78, 5) is 40.0. The van der Waals surface area contributed by atoms with Crippen LogP contribution in [0.5, 0.6) is 0 Å². The maximum absolute atomic E-state index is 13.8. The molecule has 1 unspecified atom stereocenters. The average molecular weight is 506 g/mol. The number of hydrogen-bond acceptors (Lipinski definition) is 4. The highest BCUT2D eigenvalue weighted by molar-refractivity contribution is 6.30. The maximum atomic E-state index is 13.8. The van der Waals surface area contributed by atoms with Gasteiger partial charge in [0.05, 0.1) is 19.1 Å². The van der Waals surface area contributed by atoms with E-state index >= 15 is 0 Å². The quantitative estimate of drug-likeness (QED) is 0.430. The molecule has 0 spiro atoms. The topological polar surface area (TPSA) is 83.9 Å². The van der Waals surface area contributed by atoms with E-state index in [0.29, 0.717) is 29.3 Å². The molecule has 2 aromatic rings. The third-order valence-electron chi connectivity index (χ3n) is 6.19. The number of carboxylic acids is 1. The van der Waals surface area contributed by atoms with Crippen LogP contribution in [0, 0.1) is 5.92 Å². The van der Waals surface area contributed by atoms with Gasteiger partial charge in [0.25, 0.3) is 0 Å². The molecular weight excluding hydrogens is 477 g/mol. The number of piperidine rings is 1. The van der Waals surface area contributed by atoms with Gasteiger partial charge in [-0.15, -0.1) is 0 Å². The van der Waals surface area contributed by atoms with Gasteiger partial charge in [0, 0.05) is 21.9 Å². The van der Waals surface area contributed by atoms with Crippen LogP contribution < -0.4 is 0 Å². The number of nitrogens with zero attached hydrogens (tertiary/aromatic N) is 1. The minimum absolute atomic E-state index is 0.183. The summed E-state index contributed by atoms with van der Waals surface area (Å²) < 4.78 is 5.35. The highest BCUT2D eigenvalue weighted by Gasteiger charge is 2.48. The lowest BCUT2D eigenvalue weighted by Gasteiger charge is -2.47. The minimum Gasteiger partial charge on any atom is -0.481 e. The summed E-state index contributed by atoms with van der Waals surface area (Å²) in [5, 5.41) is 10.6. The van der Waals surface area contributed by atoms with Crippen molar-refractivity contribution in [3.63, 3.8) is 0 Å². The summed E-state index contributed by atoms with van der Waals surface area (Å²) in [7, 11) is 0. The average Bonchev–Trinajstić information content (AvgIpc) is 2.79. The number of ether oxygens (including phenoxy) is 1. The standard InChI is InChI=1S/C26H29Cl2NO5/c1-3-6-22(26(33)34-4-2)29-24(16-9-11-19(27)12-10-16)21(17-7-5-8-20(28)13-17)14-18(25(29)32)15-23(30)31/h5,7-13,18,21-22,24H,3-4,6,14-15H2,1-2H3,(H,30,31)/t18-,21-,22+,24?/m1/s1. The molecule has 0 saturated carbocycles. The molecule has 4 atom stereocenters. The largest absolute Gasteiger partial charge is 0.481 e. The van der Waals surface area contributed by atoms with Gasteiger partial charge >= 0.3 is 11.9 Å². The first-order valence-electron chi connectivity index (χ1n) is 11.5. The molecule has 182 valence electrons. The summed E-state index contributed by atoms with van der Waals surface area (Å²) in [5.41, 5.74) is 1.68. The lowest BCUT2D eigenvalue weighted by atomic mass is 9.74. The molecule has 1 fully saturated rings. The van der Waals surface area contributed by atoms with Gasteiger partial charge in [-0.2, -0.15) is 0 Å². The van der Waals surface area contributed by atoms with Gasteiger partial charge < -0.3 is 14.7 Å². The van der Waals surface area contributed by atoms with E-state index in [1.165, 1.54) is 0 Å². The fourth-order valence-electron chi connectivity index (χ4n) is 4.80. The molecule has 0 aromatic heterocycles. The van der Waals surface area contributed by atoms with E-state index in [2.05, 4.69) is 0 Å². The summed E-state index contributed by atoms with van der Waals surface area (Å²) in [5.74, 6) is -2.96. The summed E-state index contributed by atoms with van der Waals surface area (Å²) in [6.45, 7) is 3.84. The first-order valence-corrected chi connectivity index (χ1v) is 12.2. The Hall–Kier alpha value is -2.57. The third-order valence-corrected chi connectivity index (χ3v) is 6.68. The lowest BCUT2D eigenvalue weighted by Crippen LogP contribution is -2.54. The van der Waals surface area contributed by atoms with Gasteiger partial charge in [0.1, 0.15) is 6.04 Å². The summed E-state index contributed by atoms with van der Waals surface area (Å²) in [6, 6.07) is 13.2. The second-order valence-electron chi connectivity index (χ2n) is 8.49. The van der Waals surface area contributed by atoms with Crippen molar-refractivity contribution in [2.45, 2.75) is 57.5 Å². The molecule has 1 heterocycles. The fourth-order valence-corrected chi connectivity index (χ4v) is 5.12. The van der Waals surface area contributed by atoms with E-state index < -0.39 is 29.9 Å². The van der Waals surface area contributed by atoms with Gasteiger partial charge in [0.15, 0.2) is 0 Å². The van der Waals surface area contributed by atoms with Crippen LogP contribution in [0.15, 0.2) is 48.5 Å². The number of halogens is 2. The molecule has 8 heteroatoms. The Morgan fingerprint density at radius 2 is 1.79 bits per heavy atom. The van der Waals surface area contributed by atoms with E-state index in [9.17, 15) is 19.5 Å². The van der Waals surface area contributed by atoms with Gasteiger partial charge in [-0.3, -0.25) is 9.59 Å². The van der Waals surface area contributed by atoms with Crippen LogP contribution in [-0.4, -0.2) is 40.5 Å². The number of hydrogen-bond donors (Lipinski definition) is 1. The second-order valence-corrected chi connectivity index (χ2v) is 9.36. The number of carbonyl (C=O) groups excluding carboxylic acids is 2. The number of amides is 1. The highest BCUT2D eigenvalue weighted by Crippen LogP contribution is 2.47. The minimum atomic E-state index is -1.06. The zero-order chi connectivity index (χ0) is 24.8. The van der Waals surface area contributed by atoms with Crippen LogP contribution in [0.1, 0.15) is 62.6 Å². The number of carbonyl (C=O) groups is 3. The Balaban J connectivity index is 2.21. The SMILES string of the molecule is CCC[C@@H](C(=O)OCC)N1C(=O)[C@@H](CC(=O)O)C[C@H](c2cccc(Cl)c2)C1c1ccc(Cl)cc1. The summed E-state index contributed by atoms with van der Waals surface area (Å²) in [6.07, 6.45) is 1.04. The van der Waals surface area contributed by atoms with Crippen molar-refractivity contribution in [3.05, 3.63) is 69.7 Å². The van der Waals surface area contributed by atoms with Crippen molar-refractivity contribution < 1.29 is 24.2 Å². The monoisotopic (exact) mass is 505 g/mol. The Bertz CT molecular complexity index is 1030. The molecule has 0 radical (unpaired) electrons. The highest BCUT2D eigenvalue weighted by atomic mass is 35.5. The maximum Gasteiger partial charge on any atom is 0.328 e. The molecule has 0 aliphatic carbocycles. The predicted octanol–water partition coefficient (Wildman–Crippen LogP) is 5.87. The van der Waals surface area contributed by atoms with E-state index in [1.54, 1.807) is 30.0 Å². The molecule has 1 amide bonds. The van der Waals surface area contributed by atoms with E-state index in [4.69, 9.17) is 27.9 Å². The number of benzene rings is 2. The van der Waals surface area contributed by atoms with Crippen LogP contribution in [0.4, 0.5) is 0 Å². The fraction of sp³-hybridized carbons (Fsp3) is 0.423. The molecule has 2 aromatic carbocycles. The van der Waals surface area contributed by atoms with Crippen LogP contribution in [0.25, 0.3) is 0 Å². The predicted molar refractivity (Wildman–Crippen MR) is 131 cm³/mol. The zero-order valence-corrected chi connectivity index (χ0v) is 20.8. The summed E-state index contributed by atoms with van der Waals surface area (Å²) >= 11 is 12.4. The van der Waals surface area contributed by atoms with E-state index in [0.717, 1.165) is 11.1 Å². The van der Waals surface area contributed by atoms with Crippen molar-refractivity contribution in [1.82, 2.24) is 4.90 Å².